The topological polar surface area (TPSA) is 103 Å². The van der Waals surface area contributed by atoms with Crippen molar-refractivity contribution in [3.8, 4) is 0 Å². The highest BCUT2D eigenvalue weighted by molar-refractivity contribution is 5.76. The fourth-order valence-electron chi connectivity index (χ4n) is 3.63. The summed E-state index contributed by atoms with van der Waals surface area (Å²) in [5.41, 5.74) is 0.0391. The van der Waals surface area contributed by atoms with Crippen LogP contribution in [-0.4, -0.2) is 58.6 Å². The molecule has 1 heterocycles. The smallest absolute Gasteiger partial charge is 0.410 e. The molecule has 0 aliphatic carbocycles. The Morgan fingerprint density at radius 1 is 1.26 bits per heavy atom. The summed E-state index contributed by atoms with van der Waals surface area (Å²) in [6, 6.07) is -0.780. The second kappa shape index (κ2) is 12.4. The standard InChI is InChI=1S/C25H40N4O5/c1-10-11-20-22(18(3)17(2)14-15-27(8)24(33)34-25(4,5)6)28(9)23(32)29(20)19(16-30)12-13-21(31)26-7/h10-11,16-17,19H,1,12-15H2,2-9H3,(H,26,31)/b20-11+,22-18-. The molecule has 0 aliphatic rings. The first-order valence-electron chi connectivity index (χ1n) is 11.5. The van der Waals surface area contributed by atoms with Crippen molar-refractivity contribution in [3.63, 3.8) is 0 Å². The number of nitrogens with zero attached hydrogens (tertiary/aromatic N) is 3. The molecule has 1 N–H and O–H groups in total. The van der Waals surface area contributed by atoms with Crippen LogP contribution >= 0.6 is 0 Å². The fourth-order valence-corrected chi connectivity index (χ4v) is 3.63. The van der Waals surface area contributed by atoms with Gasteiger partial charge in [0.25, 0.3) is 0 Å². The van der Waals surface area contributed by atoms with E-state index in [-0.39, 0.29) is 36.4 Å². The molecule has 0 saturated carbocycles. The Kier molecular flexibility index (Phi) is 10.5. The van der Waals surface area contributed by atoms with E-state index in [2.05, 4.69) is 11.9 Å². The number of imidazole rings is 1. The van der Waals surface area contributed by atoms with Crippen molar-refractivity contribution in [2.24, 2.45) is 13.0 Å². The molecular weight excluding hydrogens is 436 g/mol. The SMILES string of the molecule is C=C/C=c1\c(=C(/C)C(C)CCN(C)C(=O)OC(C)(C)C)n(C)c(=O)n1C(C=O)CCC(=O)NC. The lowest BCUT2D eigenvalue weighted by atomic mass is 9.98. The van der Waals surface area contributed by atoms with Gasteiger partial charge in [-0.05, 0) is 58.1 Å². The van der Waals surface area contributed by atoms with Crippen LogP contribution in [0.25, 0.3) is 11.6 Å². The summed E-state index contributed by atoms with van der Waals surface area (Å²) in [5, 5.41) is 3.80. The molecule has 0 fully saturated rings. The van der Waals surface area contributed by atoms with Crippen LogP contribution < -0.4 is 21.7 Å². The molecule has 9 heteroatoms. The summed E-state index contributed by atoms with van der Waals surface area (Å²) in [6.45, 7) is 13.7. The molecule has 2 atom stereocenters. The molecule has 0 saturated heterocycles. The lowest BCUT2D eigenvalue weighted by molar-refractivity contribution is -0.121. The van der Waals surface area contributed by atoms with E-state index in [4.69, 9.17) is 4.74 Å². The zero-order valence-electron chi connectivity index (χ0n) is 21.8. The van der Waals surface area contributed by atoms with E-state index in [0.29, 0.717) is 29.9 Å². The Balaban J connectivity index is 3.38. The Morgan fingerprint density at radius 2 is 1.88 bits per heavy atom. The second-order valence-electron chi connectivity index (χ2n) is 9.54. The molecule has 0 spiro atoms. The maximum absolute atomic E-state index is 13.1. The Bertz CT molecular complexity index is 1070. The molecule has 0 bridgehead atoms. The number of hydrogen-bond acceptors (Lipinski definition) is 5. The zero-order chi connectivity index (χ0) is 26.2. The number of ether oxygens (including phenoxy) is 1. The van der Waals surface area contributed by atoms with E-state index in [1.165, 1.54) is 21.1 Å². The summed E-state index contributed by atoms with van der Waals surface area (Å²) in [5.74, 6) is -0.167. The van der Waals surface area contributed by atoms with Gasteiger partial charge in [-0.25, -0.2) is 9.59 Å². The molecule has 0 aromatic carbocycles. The monoisotopic (exact) mass is 476 g/mol. The summed E-state index contributed by atoms with van der Waals surface area (Å²) >= 11 is 0. The van der Waals surface area contributed by atoms with Gasteiger partial charge in [0.15, 0.2) is 0 Å². The zero-order valence-corrected chi connectivity index (χ0v) is 21.8. The summed E-state index contributed by atoms with van der Waals surface area (Å²) < 4.78 is 8.36. The summed E-state index contributed by atoms with van der Waals surface area (Å²) in [6.07, 6.45) is 4.58. The van der Waals surface area contributed by atoms with Crippen LogP contribution in [0, 0.1) is 5.92 Å². The first-order valence-corrected chi connectivity index (χ1v) is 11.5. The predicted octanol–water partition coefficient (Wildman–Crippen LogP) is 1.48. The summed E-state index contributed by atoms with van der Waals surface area (Å²) in [7, 11) is 4.89. The molecule has 0 aliphatic heterocycles. The van der Waals surface area contributed by atoms with E-state index < -0.39 is 11.6 Å². The van der Waals surface area contributed by atoms with Gasteiger partial charge in [0.05, 0.1) is 16.7 Å². The fraction of sp³-hybridized carbons (Fsp3) is 0.600. The number of hydrogen-bond donors (Lipinski definition) is 1. The number of amides is 2. The Morgan fingerprint density at radius 3 is 2.38 bits per heavy atom. The highest BCUT2D eigenvalue weighted by Gasteiger charge is 2.22. The Hall–Kier alpha value is -3.10. The molecule has 190 valence electrons. The van der Waals surface area contributed by atoms with Crippen molar-refractivity contribution < 1.29 is 19.1 Å². The van der Waals surface area contributed by atoms with Crippen LogP contribution in [0.15, 0.2) is 17.4 Å². The van der Waals surface area contributed by atoms with Gasteiger partial charge in [0, 0.05) is 34.1 Å². The average molecular weight is 477 g/mol. The lowest BCUT2D eigenvalue weighted by Gasteiger charge is -2.25. The number of rotatable bonds is 10. The van der Waals surface area contributed by atoms with Gasteiger partial charge in [0.2, 0.25) is 5.91 Å². The normalized spacial score (nSPS) is 14.8. The molecule has 0 radical (unpaired) electrons. The molecule has 34 heavy (non-hydrogen) atoms. The molecule has 9 nitrogen and oxygen atoms in total. The van der Waals surface area contributed by atoms with Gasteiger partial charge < -0.3 is 19.7 Å². The number of nitrogens with one attached hydrogen (secondary N) is 1. The van der Waals surface area contributed by atoms with E-state index in [0.717, 1.165) is 5.57 Å². The first kappa shape index (κ1) is 28.9. The highest BCUT2D eigenvalue weighted by Crippen LogP contribution is 2.16. The largest absolute Gasteiger partial charge is 0.444 e. The Labute approximate surface area is 201 Å². The maximum Gasteiger partial charge on any atom is 0.410 e. The quantitative estimate of drug-likeness (QED) is 0.516. The minimum atomic E-state index is -0.780. The van der Waals surface area contributed by atoms with Crippen LogP contribution in [0.5, 0.6) is 0 Å². The van der Waals surface area contributed by atoms with Crippen LogP contribution in [0.3, 0.4) is 0 Å². The van der Waals surface area contributed by atoms with Gasteiger partial charge in [0.1, 0.15) is 11.9 Å². The maximum atomic E-state index is 13.1. The molecule has 2 amide bonds. The van der Waals surface area contributed by atoms with Crippen molar-refractivity contribution >= 4 is 29.9 Å². The molecule has 1 aromatic heterocycles. The molecule has 2 unspecified atom stereocenters. The molecular formula is C25H40N4O5. The third-order valence-corrected chi connectivity index (χ3v) is 5.76. The predicted molar refractivity (Wildman–Crippen MR) is 134 cm³/mol. The van der Waals surface area contributed by atoms with Gasteiger partial charge in [-0.2, -0.15) is 0 Å². The van der Waals surface area contributed by atoms with Crippen LogP contribution in [0.1, 0.15) is 59.9 Å². The molecule has 1 aromatic rings. The van der Waals surface area contributed by atoms with Gasteiger partial charge in [-0.3, -0.25) is 13.9 Å². The average Bonchev–Trinajstić information content (AvgIpc) is 3.00. The number of carbonyl (C=O) groups excluding carboxylic acids is 3. The number of carbonyl (C=O) groups is 3. The van der Waals surface area contributed by atoms with Crippen LogP contribution in [-0.2, 0) is 21.4 Å². The van der Waals surface area contributed by atoms with E-state index in [1.54, 1.807) is 26.2 Å². The van der Waals surface area contributed by atoms with Crippen molar-refractivity contribution in [1.82, 2.24) is 19.4 Å². The third kappa shape index (κ3) is 7.46. The van der Waals surface area contributed by atoms with E-state index >= 15 is 0 Å². The molecule has 1 rings (SSSR count). The van der Waals surface area contributed by atoms with E-state index in [9.17, 15) is 19.2 Å². The minimum absolute atomic E-state index is 0.0313. The van der Waals surface area contributed by atoms with Crippen molar-refractivity contribution in [2.75, 3.05) is 20.6 Å². The number of aldehydes is 1. The van der Waals surface area contributed by atoms with Gasteiger partial charge in [-0.1, -0.05) is 19.6 Å². The van der Waals surface area contributed by atoms with Gasteiger partial charge >= 0.3 is 11.8 Å². The first-order chi connectivity index (χ1) is 15.8. The second-order valence-corrected chi connectivity index (χ2v) is 9.54. The highest BCUT2D eigenvalue weighted by atomic mass is 16.6. The van der Waals surface area contributed by atoms with Crippen molar-refractivity contribution in [1.29, 1.82) is 0 Å². The van der Waals surface area contributed by atoms with E-state index in [1.807, 2.05) is 34.6 Å². The number of allylic oxidation sites excluding steroid dienone is 1. The van der Waals surface area contributed by atoms with Gasteiger partial charge in [-0.15, -0.1) is 0 Å². The van der Waals surface area contributed by atoms with Crippen molar-refractivity contribution in [3.05, 3.63) is 33.8 Å². The minimum Gasteiger partial charge on any atom is -0.444 e. The third-order valence-electron chi connectivity index (χ3n) is 5.76. The van der Waals surface area contributed by atoms with Crippen molar-refractivity contribution in [2.45, 2.75) is 65.5 Å². The van der Waals surface area contributed by atoms with Crippen LogP contribution in [0.2, 0.25) is 0 Å². The number of aromatic nitrogens is 2. The lowest BCUT2D eigenvalue weighted by Crippen LogP contribution is -2.38. The van der Waals surface area contributed by atoms with Crippen LogP contribution in [0.4, 0.5) is 4.79 Å². The summed E-state index contributed by atoms with van der Waals surface area (Å²) in [4.78, 5) is 50.5.